The smallest absolute Gasteiger partial charge is 0.230 e. The summed E-state index contributed by atoms with van der Waals surface area (Å²) in [5.41, 5.74) is 0. The Balaban J connectivity index is 2.29. The highest BCUT2D eigenvalue weighted by atomic mass is 32.2. The van der Waals surface area contributed by atoms with Crippen molar-refractivity contribution in [3.8, 4) is 0 Å². The van der Waals surface area contributed by atoms with Crippen LogP contribution in [0.4, 0.5) is 0 Å². The predicted octanol–water partition coefficient (Wildman–Crippen LogP) is 2.17. The lowest BCUT2D eigenvalue weighted by Crippen LogP contribution is -2.36. The van der Waals surface area contributed by atoms with Gasteiger partial charge in [0.2, 0.25) is 5.91 Å². The van der Waals surface area contributed by atoms with E-state index in [1.54, 1.807) is 0 Å². The second-order valence-electron chi connectivity index (χ2n) is 4.73. The summed E-state index contributed by atoms with van der Waals surface area (Å²) in [7, 11) is 2.04. The van der Waals surface area contributed by atoms with E-state index in [1.165, 1.54) is 32.1 Å². The van der Waals surface area contributed by atoms with Crippen molar-refractivity contribution < 1.29 is 4.79 Å². The van der Waals surface area contributed by atoms with Crippen LogP contribution in [-0.4, -0.2) is 36.5 Å². The Labute approximate surface area is 109 Å². The van der Waals surface area contributed by atoms with Gasteiger partial charge in [-0.1, -0.05) is 26.2 Å². The number of rotatable bonds is 6. The molecule has 0 aromatic carbocycles. The average molecular weight is 258 g/mol. The molecule has 0 aromatic rings. The van der Waals surface area contributed by atoms with Gasteiger partial charge in [0, 0.05) is 17.8 Å². The molecule has 0 spiro atoms. The second kappa shape index (κ2) is 8.81. The first-order valence-corrected chi connectivity index (χ1v) is 7.88. The molecule has 17 heavy (non-hydrogen) atoms. The number of thioether (sulfide) groups is 1. The third-order valence-electron chi connectivity index (χ3n) is 3.32. The third kappa shape index (κ3) is 5.77. The molecule has 2 atom stereocenters. The molecule has 2 N–H and O–H groups in total. The average Bonchev–Trinajstić information content (AvgIpc) is 2.58. The molecule has 1 amide bonds. The van der Waals surface area contributed by atoms with Gasteiger partial charge in [0.15, 0.2) is 0 Å². The van der Waals surface area contributed by atoms with Gasteiger partial charge in [-0.15, -0.1) is 11.8 Å². The van der Waals surface area contributed by atoms with E-state index < -0.39 is 0 Å². The number of carbonyl (C=O) groups is 1. The highest BCUT2D eigenvalue weighted by Gasteiger charge is 2.23. The fourth-order valence-corrected chi connectivity index (χ4v) is 3.61. The summed E-state index contributed by atoms with van der Waals surface area (Å²) in [6, 6.07) is 0.585. The minimum Gasteiger partial charge on any atom is -0.355 e. The van der Waals surface area contributed by atoms with Crippen molar-refractivity contribution in [1.29, 1.82) is 0 Å². The van der Waals surface area contributed by atoms with Crippen LogP contribution in [0.2, 0.25) is 0 Å². The molecule has 100 valence electrons. The largest absolute Gasteiger partial charge is 0.355 e. The monoisotopic (exact) mass is 258 g/mol. The number of amides is 1. The summed E-state index contributed by atoms with van der Waals surface area (Å²) in [4.78, 5) is 11.6. The van der Waals surface area contributed by atoms with E-state index >= 15 is 0 Å². The van der Waals surface area contributed by atoms with E-state index in [-0.39, 0.29) is 5.91 Å². The molecular formula is C13H26N2OS. The van der Waals surface area contributed by atoms with Crippen molar-refractivity contribution >= 4 is 17.7 Å². The Morgan fingerprint density at radius 3 is 2.76 bits per heavy atom. The first-order chi connectivity index (χ1) is 8.27. The van der Waals surface area contributed by atoms with Crippen molar-refractivity contribution in [2.45, 2.75) is 56.7 Å². The Bertz CT molecular complexity index is 223. The van der Waals surface area contributed by atoms with Gasteiger partial charge in [-0.3, -0.25) is 4.79 Å². The van der Waals surface area contributed by atoms with Crippen LogP contribution in [0.1, 0.15) is 45.4 Å². The third-order valence-corrected chi connectivity index (χ3v) is 4.75. The van der Waals surface area contributed by atoms with Gasteiger partial charge in [0.05, 0.1) is 5.75 Å². The van der Waals surface area contributed by atoms with Crippen LogP contribution in [-0.2, 0) is 4.79 Å². The van der Waals surface area contributed by atoms with Gasteiger partial charge in [0.1, 0.15) is 0 Å². The Morgan fingerprint density at radius 1 is 1.29 bits per heavy atom. The van der Waals surface area contributed by atoms with Crippen LogP contribution in [0.15, 0.2) is 0 Å². The van der Waals surface area contributed by atoms with Crippen LogP contribution in [0, 0.1) is 0 Å². The number of hydrogen-bond donors (Lipinski definition) is 2. The molecule has 2 unspecified atom stereocenters. The lowest BCUT2D eigenvalue weighted by atomic mass is 10.1. The number of hydrogen-bond acceptors (Lipinski definition) is 3. The molecular weight excluding hydrogens is 232 g/mol. The molecule has 4 heteroatoms. The Hall–Kier alpha value is -0.220. The van der Waals surface area contributed by atoms with Crippen molar-refractivity contribution in [3.63, 3.8) is 0 Å². The molecule has 1 aliphatic carbocycles. The maximum Gasteiger partial charge on any atom is 0.230 e. The normalized spacial score (nSPS) is 25.3. The zero-order chi connectivity index (χ0) is 12.5. The first-order valence-electron chi connectivity index (χ1n) is 6.83. The molecule has 0 aliphatic heterocycles. The maximum absolute atomic E-state index is 11.6. The van der Waals surface area contributed by atoms with Gasteiger partial charge < -0.3 is 10.6 Å². The lowest BCUT2D eigenvalue weighted by Gasteiger charge is -2.23. The SMILES string of the molecule is CCCNC(=O)CSC1CCCCCC1NC. The topological polar surface area (TPSA) is 41.1 Å². The van der Waals surface area contributed by atoms with Crippen molar-refractivity contribution in [3.05, 3.63) is 0 Å². The highest BCUT2D eigenvalue weighted by molar-refractivity contribution is 8.00. The van der Waals surface area contributed by atoms with Gasteiger partial charge in [-0.05, 0) is 26.3 Å². The molecule has 0 heterocycles. The standard InChI is InChI=1S/C13H26N2OS/c1-3-9-15-13(16)10-17-12-8-6-4-5-7-11(12)14-2/h11-12,14H,3-10H2,1-2H3,(H,15,16). The molecule has 0 radical (unpaired) electrons. The molecule has 0 saturated heterocycles. The Kier molecular flexibility index (Phi) is 7.69. The van der Waals surface area contributed by atoms with E-state index in [0.717, 1.165) is 13.0 Å². The van der Waals surface area contributed by atoms with Crippen LogP contribution < -0.4 is 10.6 Å². The summed E-state index contributed by atoms with van der Waals surface area (Å²) >= 11 is 1.83. The summed E-state index contributed by atoms with van der Waals surface area (Å²) in [5.74, 6) is 0.805. The summed E-state index contributed by atoms with van der Waals surface area (Å²) < 4.78 is 0. The quantitative estimate of drug-likeness (QED) is 0.717. The molecule has 1 rings (SSSR count). The zero-order valence-corrected chi connectivity index (χ0v) is 11.9. The molecule has 0 aromatic heterocycles. The predicted molar refractivity (Wildman–Crippen MR) is 75.5 cm³/mol. The molecule has 3 nitrogen and oxygen atoms in total. The highest BCUT2D eigenvalue weighted by Crippen LogP contribution is 2.27. The van der Waals surface area contributed by atoms with Gasteiger partial charge in [0.25, 0.3) is 0 Å². The number of nitrogens with one attached hydrogen (secondary N) is 2. The van der Waals surface area contributed by atoms with Crippen LogP contribution in [0.5, 0.6) is 0 Å². The van der Waals surface area contributed by atoms with E-state index in [9.17, 15) is 4.79 Å². The summed E-state index contributed by atoms with van der Waals surface area (Å²) in [6.07, 6.45) is 7.50. The fourth-order valence-electron chi connectivity index (χ4n) is 2.30. The maximum atomic E-state index is 11.6. The summed E-state index contributed by atoms with van der Waals surface area (Å²) in [5, 5.41) is 6.95. The molecule has 1 saturated carbocycles. The lowest BCUT2D eigenvalue weighted by molar-refractivity contribution is -0.118. The minimum absolute atomic E-state index is 0.191. The zero-order valence-electron chi connectivity index (χ0n) is 11.1. The van der Waals surface area contributed by atoms with E-state index in [0.29, 0.717) is 17.0 Å². The Morgan fingerprint density at radius 2 is 2.06 bits per heavy atom. The first kappa shape index (κ1) is 14.8. The van der Waals surface area contributed by atoms with Crippen molar-refractivity contribution in [1.82, 2.24) is 10.6 Å². The second-order valence-corrected chi connectivity index (χ2v) is 5.96. The molecule has 0 bridgehead atoms. The van der Waals surface area contributed by atoms with Gasteiger partial charge in [-0.2, -0.15) is 0 Å². The van der Waals surface area contributed by atoms with E-state index in [4.69, 9.17) is 0 Å². The van der Waals surface area contributed by atoms with E-state index in [1.807, 2.05) is 18.8 Å². The van der Waals surface area contributed by atoms with Crippen molar-refractivity contribution in [2.75, 3.05) is 19.3 Å². The fraction of sp³-hybridized carbons (Fsp3) is 0.923. The van der Waals surface area contributed by atoms with Crippen LogP contribution in [0.25, 0.3) is 0 Å². The van der Waals surface area contributed by atoms with Gasteiger partial charge in [-0.25, -0.2) is 0 Å². The molecule has 1 aliphatic rings. The number of carbonyl (C=O) groups excluding carboxylic acids is 1. The van der Waals surface area contributed by atoms with E-state index in [2.05, 4.69) is 17.6 Å². The minimum atomic E-state index is 0.191. The molecule has 1 fully saturated rings. The van der Waals surface area contributed by atoms with Gasteiger partial charge >= 0.3 is 0 Å². The van der Waals surface area contributed by atoms with Crippen molar-refractivity contribution in [2.24, 2.45) is 0 Å². The van der Waals surface area contributed by atoms with Crippen LogP contribution >= 0.6 is 11.8 Å². The van der Waals surface area contributed by atoms with Crippen LogP contribution in [0.3, 0.4) is 0 Å². The summed E-state index contributed by atoms with van der Waals surface area (Å²) in [6.45, 7) is 2.88.